The number of thiazole rings is 1. The van der Waals surface area contributed by atoms with Gasteiger partial charge >= 0.3 is 0 Å². The highest BCUT2D eigenvalue weighted by Crippen LogP contribution is 2.30. The number of methoxy groups -OCH3 is 1. The fraction of sp³-hybridized carbons (Fsp3) is 0.286. The van der Waals surface area contributed by atoms with Crippen molar-refractivity contribution in [1.82, 2.24) is 9.88 Å². The second-order valence-corrected chi connectivity index (χ2v) is 7.97. The summed E-state index contributed by atoms with van der Waals surface area (Å²) in [5.41, 5.74) is 1.22. The van der Waals surface area contributed by atoms with Crippen molar-refractivity contribution in [2.75, 3.05) is 25.5 Å². The first-order chi connectivity index (χ1) is 14.0. The Morgan fingerprint density at radius 3 is 2.79 bits per heavy atom. The van der Waals surface area contributed by atoms with Crippen LogP contribution in [0.15, 0.2) is 42.5 Å². The third-order valence-corrected chi connectivity index (χ3v) is 5.93. The van der Waals surface area contributed by atoms with Crippen molar-refractivity contribution in [1.29, 1.82) is 0 Å². The Morgan fingerprint density at radius 2 is 2.03 bits per heavy atom. The standard InChI is InChI=1S/C21H20FN3O3S/c1-28-16-8-9-17-18(11-16)29-21(23-17)24-19(26)14-3-2-10-25(12-14)20(27)13-4-6-15(22)7-5-13/h4-9,11,14H,2-3,10,12H2,1H3,(H,23,24,26). The van der Waals surface area contributed by atoms with Crippen molar-refractivity contribution < 1.29 is 18.7 Å². The average Bonchev–Trinajstić information content (AvgIpc) is 3.15. The number of aromatic nitrogens is 1. The Morgan fingerprint density at radius 1 is 1.24 bits per heavy atom. The molecule has 2 amide bonds. The minimum absolute atomic E-state index is 0.146. The van der Waals surface area contributed by atoms with Crippen LogP contribution in [0, 0.1) is 11.7 Å². The van der Waals surface area contributed by atoms with E-state index in [9.17, 15) is 14.0 Å². The topological polar surface area (TPSA) is 71.5 Å². The minimum atomic E-state index is -0.383. The Hall–Kier alpha value is -3.00. The Bertz CT molecular complexity index is 1050. The van der Waals surface area contributed by atoms with Gasteiger partial charge < -0.3 is 15.0 Å². The largest absolute Gasteiger partial charge is 0.497 e. The quantitative estimate of drug-likeness (QED) is 0.703. The molecule has 4 rings (SSSR count). The number of fused-ring (bicyclic) bond motifs is 1. The fourth-order valence-corrected chi connectivity index (χ4v) is 4.34. The number of nitrogens with zero attached hydrogens (tertiary/aromatic N) is 2. The number of likely N-dealkylation sites (tertiary alicyclic amines) is 1. The van der Waals surface area contributed by atoms with E-state index in [1.165, 1.54) is 35.6 Å². The number of hydrogen-bond donors (Lipinski definition) is 1. The van der Waals surface area contributed by atoms with Crippen LogP contribution in [0.4, 0.5) is 9.52 Å². The summed E-state index contributed by atoms with van der Waals surface area (Å²) in [5, 5.41) is 3.41. The van der Waals surface area contributed by atoms with Crippen molar-refractivity contribution in [3.63, 3.8) is 0 Å². The lowest BCUT2D eigenvalue weighted by Crippen LogP contribution is -2.43. The molecular formula is C21H20FN3O3S. The van der Waals surface area contributed by atoms with Crippen molar-refractivity contribution in [3.8, 4) is 5.75 Å². The zero-order valence-electron chi connectivity index (χ0n) is 15.9. The summed E-state index contributed by atoms with van der Waals surface area (Å²) in [4.78, 5) is 31.5. The lowest BCUT2D eigenvalue weighted by Gasteiger charge is -2.32. The number of rotatable bonds is 4. The first-order valence-electron chi connectivity index (χ1n) is 9.34. The van der Waals surface area contributed by atoms with Crippen molar-refractivity contribution in [2.24, 2.45) is 5.92 Å². The molecule has 2 heterocycles. The van der Waals surface area contributed by atoms with E-state index < -0.39 is 0 Å². The van der Waals surface area contributed by atoms with Crippen LogP contribution in [-0.4, -0.2) is 41.9 Å². The van der Waals surface area contributed by atoms with E-state index in [2.05, 4.69) is 10.3 Å². The van der Waals surface area contributed by atoms with Gasteiger partial charge in [-0.3, -0.25) is 9.59 Å². The first-order valence-corrected chi connectivity index (χ1v) is 10.2. The summed E-state index contributed by atoms with van der Waals surface area (Å²) < 4.78 is 19.2. The molecule has 0 aliphatic carbocycles. The Kier molecular flexibility index (Phi) is 5.44. The molecule has 1 fully saturated rings. The molecule has 8 heteroatoms. The number of amides is 2. The van der Waals surface area contributed by atoms with Crippen LogP contribution in [0.1, 0.15) is 23.2 Å². The Labute approximate surface area is 171 Å². The zero-order chi connectivity index (χ0) is 20.4. The van der Waals surface area contributed by atoms with Gasteiger partial charge in [0.1, 0.15) is 11.6 Å². The molecule has 0 radical (unpaired) electrons. The van der Waals surface area contributed by atoms with E-state index in [0.717, 1.165) is 22.4 Å². The molecule has 1 aliphatic heterocycles. The number of nitrogens with one attached hydrogen (secondary N) is 1. The SMILES string of the molecule is COc1ccc2nc(NC(=O)C3CCCN(C(=O)c4ccc(F)cc4)C3)sc2c1. The lowest BCUT2D eigenvalue weighted by atomic mass is 9.96. The second kappa shape index (κ2) is 8.16. The zero-order valence-corrected chi connectivity index (χ0v) is 16.7. The maximum atomic E-state index is 13.1. The number of halogens is 1. The second-order valence-electron chi connectivity index (χ2n) is 6.94. The number of benzene rings is 2. The number of piperidine rings is 1. The number of carbonyl (C=O) groups is 2. The highest BCUT2D eigenvalue weighted by Gasteiger charge is 2.29. The van der Waals surface area contributed by atoms with Crippen molar-refractivity contribution in [2.45, 2.75) is 12.8 Å². The predicted octanol–water partition coefficient (Wildman–Crippen LogP) is 3.93. The van der Waals surface area contributed by atoms with Crippen LogP contribution in [-0.2, 0) is 4.79 Å². The normalized spacial score (nSPS) is 16.6. The molecule has 1 N–H and O–H groups in total. The molecule has 2 aromatic carbocycles. The predicted molar refractivity (Wildman–Crippen MR) is 110 cm³/mol. The molecule has 0 bridgehead atoms. The van der Waals surface area contributed by atoms with Gasteiger partial charge in [0.25, 0.3) is 5.91 Å². The van der Waals surface area contributed by atoms with Crippen molar-refractivity contribution in [3.05, 3.63) is 53.8 Å². The van der Waals surface area contributed by atoms with Gasteiger partial charge in [-0.25, -0.2) is 9.37 Å². The molecule has 6 nitrogen and oxygen atoms in total. The fourth-order valence-electron chi connectivity index (χ4n) is 3.44. The van der Waals surface area contributed by atoms with Crippen LogP contribution >= 0.6 is 11.3 Å². The molecule has 3 aromatic rings. The summed E-state index contributed by atoms with van der Waals surface area (Å²) in [6.07, 6.45) is 1.44. The highest BCUT2D eigenvalue weighted by molar-refractivity contribution is 7.22. The summed E-state index contributed by atoms with van der Waals surface area (Å²) >= 11 is 1.39. The van der Waals surface area contributed by atoms with E-state index in [1.807, 2.05) is 18.2 Å². The Balaban J connectivity index is 1.43. The lowest BCUT2D eigenvalue weighted by molar-refractivity contribution is -0.121. The van der Waals surface area contributed by atoms with E-state index in [1.54, 1.807) is 12.0 Å². The van der Waals surface area contributed by atoms with Gasteiger partial charge in [-0.15, -0.1) is 0 Å². The highest BCUT2D eigenvalue weighted by atomic mass is 32.1. The summed E-state index contributed by atoms with van der Waals surface area (Å²) in [7, 11) is 1.60. The maximum Gasteiger partial charge on any atom is 0.253 e. The molecule has 29 heavy (non-hydrogen) atoms. The molecule has 0 spiro atoms. The van der Waals surface area contributed by atoms with Gasteiger partial charge in [0.2, 0.25) is 5.91 Å². The average molecular weight is 413 g/mol. The smallest absolute Gasteiger partial charge is 0.253 e. The van der Waals surface area contributed by atoms with Gasteiger partial charge in [-0.1, -0.05) is 11.3 Å². The molecule has 1 unspecified atom stereocenters. The molecule has 1 aliphatic rings. The number of ether oxygens (including phenoxy) is 1. The van der Waals surface area contributed by atoms with Gasteiger partial charge in [0, 0.05) is 18.7 Å². The number of anilines is 1. The third kappa shape index (κ3) is 4.22. The van der Waals surface area contributed by atoms with Gasteiger partial charge in [-0.2, -0.15) is 0 Å². The van der Waals surface area contributed by atoms with E-state index in [0.29, 0.717) is 30.2 Å². The minimum Gasteiger partial charge on any atom is -0.497 e. The van der Waals surface area contributed by atoms with Gasteiger partial charge in [0.05, 0.1) is 23.2 Å². The molecule has 1 aromatic heterocycles. The van der Waals surface area contributed by atoms with E-state index in [-0.39, 0.29) is 23.5 Å². The number of hydrogen-bond acceptors (Lipinski definition) is 5. The maximum absolute atomic E-state index is 13.1. The van der Waals surface area contributed by atoms with Crippen LogP contribution in [0.5, 0.6) is 5.75 Å². The van der Waals surface area contributed by atoms with Gasteiger partial charge in [-0.05, 0) is 55.3 Å². The molecular weight excluding hydrogens is 393 g/mol. The monoisotopic (exact) mass is 413 g/mol. The van der Waals surface area contributed by atoms with E-state index >= 15 is 0 Å². The molecule has 1 atom stereocenters. The third-order valence-electron chi connectivity index (χ3n) is 5.00. The number of carbonyl (C=O) groups excluding carboxylic acids is 2. The summed E-state index contributed by atoms with van der Waals surface area (Å²) in [6, 6.07) is 11.0. The van der Waals surface area contributed by atoms with Crippen LogP contribution < -0.4 is 10.1 Å². The van der Waals surface area contributed by atoms with Crippen LogP contribution in [0.25, 0.3) is 10.2 Å². The van der Waals surface area contributed by atoms with Crippen molar-refractivity contribution >= 4 is 38.5 Å². The van der Waals surface area contributed by atoms with Crippen LogP contribution in [0.2, 0.25) is 0 Å². The van der Waals surface area contributed by atoms with Gasteiger partial charge in [0.15, 0.2) is 5.13 Å². The molecule has 150 valence electrons. The van der Waals surface area contributed by atoms with E-state index in [4.69, 9.17) is 4.74 Å². The molecule has 1 saturated heterocycles. The summed E-state index contributed by atoms with van der Waals surface area (Å²) in [5.74, 6) is -0.288. The van der Waals surface area contributed by atoms with Crippen LogP contribution in [0.3, 0.4) is 0 Å². The summed E-state index contributed by atoms with van der Waals surface area (Å²) in [6.45, 7) is 0.918. The molecule has 0 saturated carbocycles. The first kappa shape index (κ1) is 19.3.